The molecule has 1 fully saturated rings. The third kappa shape index (κ3) is 3.44. The summed E-state index contributed by atoms with van der Waals surface area (Å²) in [4.78, 5) is 30.0. The van der Waals surface area contributed by atoms with Crippen molar-refractivity contribution in [2.24, 2.45) is 0 Å². The number of nitro groups is 1. The van der Waals surface area contributed by atoms with E-state index in [-0.39, 0.29) is 11.3 Å². The monoisotopic (exact) mass is 362 g/mol. The number of para-hydroxylation sites is 1. The maximum absolute atomic E-state index is 12.6. The van der Waals surface area contributed by atoms with Gasteiger partial charge in [-0.25, -0.2) is 4.98 Å². The molecule has 0 bridgehead atoms. The maximum Gasteiger partial charge on any atom is 0.293 e. The number of benzene rings is 2. The lowest BCUT2D eigenvalue weighted by Gasteiger charge is -2.17. The van der Waals surface area contributed by atoms with Gasteiger partial charge in [-0.3, -0.25) is 14.9 Å². The summed E-state index contributed by atoms with van der Waals surface area (Å²) in [5, 5.41) is 15.2. The van der Waals surface area contributed by atoms with Crippen molar-refractivity contribution in [3.63, 3.8) is 0 Å². The first-order valence-corrected chi connectivity index (χ1v) is 8.82. The van der Waals surface area contributed by atoms with E-state index in [1.54, 1.807) is 18.2 Å². The molecule has 2 aromatic carbocycles. The van der Waals surface area contributed by atoms with Crippen LogP contribution < -0.4 is 10.2 Å². The van der Waals surface area contributed by atoms with Gasteiger partial charge in [-0.05, 0) is 43.2 Å². The van der Waals surface area contributed by atoms with Crippen molar-refractivity contribution >= 4 is 34.0 Å². The van der Waals surface area contributed by atoms with Gasteiger partial charge >= 0.3 is 0 Å². The normalized spacial score (nSPS) is 13.7. The molecule has 1 amide bonds. The van der Waals surface area contributed by atoms with Crippen LogP contribution in [0.1, 0.15) is 23.2 Å². The van der Waals surface area contributed by atoms with Crippen molar-refractivity contribution in [1.29, 1.82) is 0 Å². The summed E-state index contributed by atoms with van der Waals surface area (Å²) < 4.78 is 0. The second-order valence-corrected chi connectivity index (χ2v) is 6.50. The highest BCUT2D eigenvalue weighted by Crippen LogP contribution is 2.31. The number of nitrogens with zero attached hydrogens (tertiary/aromatic N) is 3. The Hall–Kier alpha value is -3.48. The predicted molar refractivity (Wildman–Crippen MR) is 104 cm³/mol. The Bertz CT molecular complexity index is 1030. The second kappa shape index (κ2) is 7.03. The van der Waals surface area contributed by atoms with Crippen LogP contribution in [0.4, 0.5) is 17.2 Å². The van der Waals surface area contributed by atoms with E-state index in [1.165, 1.54) is 6.07 Å². The minimum atomic E-state index is -0.432. The van der Waals surface area contributed by atoms with Crippen LogP contribution in [0.2, 0.25) is 0 Å². The first-order valence-electron chi connectivity index (χ1n) is 8.82. The number of pyridine rings is 1. The van der Waals surface area contributed by atoms with E-state index in [2.05, 4.69) is 10.3 Å². The second-order valence-electron chi connectivity index (χ2n) is 6.50. The van der Waals surface area contributed by atoms with E-state index >= 15 is 0 Å². The predicted octanol–water partition coefficient (Wildman–Crippen LogP) is 4.00. The Morgan fingerprint density at radius 2 is 1.85 bits per heavy atom. The summed E-state index contributed by atoms with van der Waals surface area (Å²) in [6.45, 7) is 1.60. The van der Waals surface area contributed by atoms with Crippen LogP contribution in [-0.2, 0) is 0 Å². The van der Waals surface area contributed by atoms with E-state index in [0.29, 0.717) is 11.5 Å². The molecule has 0 aliphatic carbocycles. The van der Waals surface area contributed by atoms with Crippen LogP contribution in [0.15, 0.2) is 54.6 Å². The van der Waals surface area contributed by atoms with Crippen LogP contribution in [0.25, 0.3) is 10.9 Å². The van der Waals surface area contributed by atoms with Gasteiger partial charge in [-0.1, -0.05) is 18.2 Å². The van der Waals surface area contributed by atoms with Gasteiger partial charge in [-0.2, -0.15) is 0 Å². The zero-order valence-corrected chi connectivity index (χ0v) is 14.6. The molecule has 0 saturated carbocycles. The molecule has 7 heteroatoms. The molecule has 3 aromatic rings. The molecule has 0 unspecified atom stereocenters. The quantitative estimate of drug-likeness (QED) is 0.560. The zero-order valence-electron chi connectivity index (χ0n) is 14.6. The van der Waals surface area contributed by atoms with E-state index in [0.717, 1.165) is 36.8 Å². The molecule has 1 aliphatic heterocycles. The van der Waals surface area contributed by atoms with Gasteiger partial charge in [-0.15, -0.1) is 0 Å². The number of nitro benzene ring substituents is 1. The number of nitrogens with one attached hydrogen (secondary N) is 1. The highest BCUT2D eigenvalue weighted by Gasteiger charge is 2.24. The summed E-state index contributed by atoms with van der Waals surface area (Å²) >= 11 is 0. The molecular weight excluding hydrogens is 344 g/mol. The van der Waals surface area contributed by atoms with Crippen molar-refractivity contribution in [1.82, 2.24) is 4.98 Å². The molecule has 2 heterocycles. The van der Waals surface area contributed by atoms with Crippen molar-refractivity contribution in [3.8, 4) is 0 Å². The molecule has 27 heavy (non-hydrogen) atoms. The van der Waals surface area contributed by atoms with Gasteiger partial charge in [0.2, 0.25) is 0 Å². The average molecular weight is 362 g/mol. The smallest absolute Gasteiger partial charge is 0.293 e. The number of carbonyl (C=O) groups excluding carboxylic acids is 1. The molecule has 0 radical (unpaired) electrons. The summed E-state index contributed by atoms with van der Waals surface area (Å²) in [7, 11) is 0. The lowest BCUT2D eigenvalue weighted by atomic mass is 10.1. The number of carbonyl (C=O) groups is 1. The van der Waals surface area contributed by atoms with Gasteiger partial charge in [0.1, 0.15) is 11.5 Å². The van der Waals surface area contributed by atoms with E-state index < -0.39 is 10.8 Å². The molecular formula is C20H18N4O3. The van der Waals surface area contributed by atoms with Crippen LogP contribution in [0.3, 0.4) is 0 Å². The number of aromatic nitrogens is 1. The van der Waals surface area contributed by atoms with E-state index in [4.69, 9.17) is 0 Å². The average Bonchev–Trinajstić information content (AvgIpc) is 3.22. The van der Waals surface area contributed by atoms with Gasteiger partial charge < -0.3 is 10.2 Å². The Morgan fingerprint density at radius 3 is 2.63 bits per heavy atom. The number of hydrogen-bond donors (Lipinski definition) is 1. The molecule has 0 spiro atoms. The molecule has 4 rings (SSSR count). The van der Waals surface area contributed by atoms with Crippen LogP contribution >= 0.6 is 0 Å². The fraction of sp³-hybridized carbons (Fsp3) is 0.200. The summed E-state index contributed by atoms with van der Waals surface area (Å²) in [5.41, 5.74) is 1.53. The lowest BCUT2D eigenvalue weighted by molar-refractivity contribution is -0.384. The molecule has 136 valence electrons. The SMILES string of the molecule is O=C(Nc1ccc2ccccc2n1)c1ccc(N2CCCC2)c([N+](=O)[O-])c1. The Labute approximate surface area is 155 Å². The summed E-state index contributed by atoms with van der Waals surface area (Å²) in [5.74, 6) is -0.0150. The zero-order chi connectivity index (χ0) is 18.8. The Kier molecular flexibility index (Phi) is 4.42. The van der Waals surface area contributed by atoms with Crippen molar-refractivity contribution in [2.45, 2.75) is 12.8 Å². The van der Waals surface area contributed by atoms with Gasteiger partial charge in [0, 0.05) is 30.1 Å². The van der Waals surface area contributed by atoms with Gasteiger partial charge in [0.15, 0.2) is 0 Å². The molecule has 1 saturated heterocycles. The number of rotatable bonds is 4. The molecule has 1 N–H and O–H groups in total. The highest BCUT2D eigenvalue weighted by molar-refractivity contribution is 6.05. The molecule has 1 aliphatic rings. The minimum absolute atomic E-state index is 0.0454. The van der Waals surface area contributed by atoms with E-state index in [1.807, 2.05) is 35.2 Å². The maximum atomic E-state index is 12.6. The molecule has 1 aromatic heterocycles. The first-order chi connectivity index (χ1) is 13.1. The van der Waals surface area contributed by atoms with E-state index in [9.17, 15) is 14.9 Å². The third-order valence-electron chi connectivity index (χ3n) is 4.72. The third-order valence-corrected chi connectivity index (χ3v) is 4.72. The van der Waals surface area contributed by atoms with Crippen molar-refractivity contribution in [2.75, 3.05) is 23.3 Å². The van der Waals surface area contributed by atoms with Crippen LogP contribution in [0.5, 0.6) is 0 Å². The Morgan fingerprint density at radius 1 is 1.07 bits per heavy atom. The van der Waals surface area contributed by atoms with Crippen molar-refractivity contribution < 1.29 is 9.72 Å². The Balaban J connectivity index is 1.60. The number of fused-ring (bicyclic) bond motifs is 1. The fourth-order valence-electron chi connectivity index (χ4n) is 3.36. The first kappa shape index (κ1) is 17.0. The largest absolute Gasteiger partial charge is 0.366 e. The molecule has 0 atom stereocenters. The number of amides is 1. The highest BCUT2D eigenvalue weighted by atomic mass is 16.6. The summed E-state index contributed by atoms with van der Waals surface area (Å²) in [6, 6.07) is 15.8. The van der Waals surface area contributed by atoms with Crippen LogP contribution in [0, 0.1) is 10.1 Å². The van der Waals surface area contributed by atoms with Crippen molar-refractivity contribution in [3.05, 3.63) is 70.3 Å². The topological polar surface area (TPSA) is 88.4 Å². The van der Waals surface area contributed by atoms with Crippen LogP contribution in [-0.4, -0.2) is 28.9 Å². The number of anilines is 2. The fourth-order valence-corrected chi connectivity index (χ4v) is 3.36. The van der Waals surface area contributed by atoms with Gasteiger partial charge in [0.05, 0.1) is 10.4 Å². The molecule has 7 nitrogen and oxygen atoms in total. The van der Waals surface area contributed by atoms with Gasteiger partial charge in [0.25, 0.3) is 11.6 Å². The minimum Gasteiger partial charge on any atom is -0.366 e. The standard InChI is InChI=1S/C20H18N4O3/c25-20(22-19-10-8-14-5-1-2-6-16(14)21-19)15-7-9-17(18(13-15)24(26)27)23-11-3-4-12-23/h1-2,5-10,13H,3-4,11-12H2,(H,21,22,25). The summed E-state index contributed by atoms with van der Waals surface area (Å²) in [6.07, 6.45) is 2.04. The number of hydrogen-bond acceptors (Lipinski definition) is 5. The lowest BCUT2D eigenvalue weighted by Crippen LogP contribution is -2.20.